The molecule has 0 aliphatic carbocycles. The zero-order chi connectivity index (χ0) is 16.3. The Morgan fingerprint density at radius 3 is 2.48 bits per heavy atom. The van der Waals surface area contributed by atoms with E-state index in [0.29, 0.717) is 10.7 Å². The number of nitrogens with zero attached hydrogens (tertiary/aromatic N) is 3. The van der Waals surface area contributed by atoms with E-state index in [1.807, 2.05) is 0 Å². The lowest BCUT2D eigenvalue weighted by atomic mass is 10.3. The van der Waals surface area contributed by atoms with Crippen LogP contribution in [0.1, 0.15) is 5.56 Å². The first kappa shape index (κ1) is 15.9. The average Bonchev–Trinajstić information content (AvgIpc) is 3.09. The number of hydrogen-bond acceptors (Lipinski definition) is 5. The van der Waals surface area contributed by atoms with E-state index >= 15 is 0 Å². The minimum Gasteiger partial charge on any atom is -0.244 e. The van der Waals surface area contributed by atoms with E-state index in [0.717, 1.165) is 0 Å². The van der Waals surface area contributed by atoms with Crippen molar-refractivity contribution in [3.8, 4) is 0 Å². The van der Waals surface area contributed by atoms with E-state index in [1.165, 1.54) is 15.6 Å². The van der Waals surface area contributed by atoms with Gasteiger partial charge in [-0.15, -0.1) is 11.3 Å². The standard InChI is InChI=1S/C15H12ClN3O2S2/c16-14-12(5-4-8-17-14)11-19(15-18-9-10-22-15)23(20,21)13-6-2-1-3-7-13/h1-10H,11H2. The van der Waals surface area contributed by atoms with Gasteiger partial charge in [-0.05, 0) is 18.2 Å². The summed E-state index contributed by atoms with van der Waals surface area (Å²) in [6.07, 6.45) is 3.13. The van der Waals surface area contributed by atoms with Gasteiger partial charge in [0.25, 0.3) is 10.0 Å². The van der Waals surface area contributed by atoms with Gasteiger partial charge in [0.15, 0.2) is 5.13 Å². The third-order valence-electron chi connectivity index (χ3n) is 3.11. The molecule has 0 bridgehead atoms. The molecule has 0 fully saturated rings. The number of rotatable bonds is 5. The van der Waals surface area contributed by atoms with Gasteiger partial charge < -0.3 is 0 Å². The van der Waals surface area contributed by atoms with Crippen molar-refractivity contribution in [1.29, 1.82) is 0 Å². The Balaban J connectivity index is 2.06. The second kappa shape index (κ2) is 6.66. The lowest BCUT2D eigenvalue weighted by Gasteiger charge is -2.22. The maximum atomic E-state index is 13.0. The van der Waals surface area contributed by atoms with Gasteiger partial charge >= 0.3 is 0 Å². The van der Waals surface area contributed by atoms with E-state index in [4.69, 9.17) is 11.6 Å². The number of pyridine rings is 1. The summed E-state index contributed by atoms with van der Waals surface area (Å²) in [5, 5.41) is 2.39. The molecule has 8 heteroatoms. The van der Waals surface area contributed by atoms with E-state index in [1.54, 1.807) is 60.2 Å². The predicted molar refractivity (Wildman–Crippen MR) is 91.2 cm³/mol. The van der Waals surface area contributed by atoms with Gasteiger partial charge in [-0.1, -0.05) is 35.9 Å². The number of thiazole rings is 1. The smallest absolute Gasteiger partial charge is 0.244 e. The second-order valence-electron chi connectivity index (χ2n) is 4.59. The molecule has 0 aliphatic rings. The highest BCUT2D eigenvalue weighted by Gasteiger charge is 2.27. The Kier molecular flexibility index (Phi) is 4.61. The molecule has 118 valence electrons. The number of aromatic nitrogens is 2. The third kappa shape index (κ3) is 3.36. The molecule has 0 amide bonds. The van der Waals surface area contributed by atoms with Crippen LogP contribution in [0.15, 0.2) is 65.1 Å². The molecule has 5 nitrogen and oxygen atoms in total. The molecule has 2 heterocycles. The van der Waals surface area contributed by atoms with Crippen LogP contribution in [0.25, 0.3) is 0 Å². The zero-order valence-electron chi connectivity index (χ0n) is 11.8. The van der Waals surface area contributed by atoms with Crippen molar-refractivity contribution in [2.75, 3.05) is 4.31 Å². The molecule has 0 saturated carbocycles. The fraction of sp³-hybridized carbons (Fsp3) is 0.0667. The van der Waals surface area contributed by atoms with Gasteiger partial charge in [-0.2, -0.15) is 0 Å². The van der Waals surface area contributed by atoms with Gasteiger partial charge in [0.2, 0.25) is 0 Å². The van der Waals surface area contributed by atoms with Gasteiger partial charge in [0.1, 0.15) is 5.15 Å². The fourth-order valence-corrected chi connectivity index (χ4v) is 4.47. The van der Waals surface area contributed by atoms with Crippen molar-refractivity contribution in [2.24, 2.45) is 0 Å². The predicted octanol–water partition coefficient (Wildman–Crippen LogP) is 3.59. The molecule has 23 heavy (non-hydrogen) atoms. The number of hydrogen-bond donors (Lipinski definition) is 0. The van der Waals surface area contributed by atoms with Crippen LogP contribution in [-0.2, 0) is 16.6 Å². The van der Waals surface area contributed by atoms with Crippen LogP contribution in [0.5, 0.6) is 0 Å². The van der Waals surface area contributed by atoms with Crippen LogP contribution in [0.3, 0.4) is 0 Å². The molecule has 0 N–H and O–H groups in total. The molecule has 0 spiro atoms. The first-order valence-corrected chi connectivity index (χ1v) is 9.35. The molecule has 0 aliphatic heterocycles. The van der Waals surface area contributed by atoms with Crippen LogP contribution in [0.4, 0.5) is 5.13 Å². The molecule has 1 aromatic carbocycles. The van der Waals surface area contributed by atoms with Crippen molar-refractivity contribution in [3.05, 3.63) is 71.0 Å². The summed E-state index contributed by atoms with van der Waals surface area (Å²) in [7, 11) is -3.74. The maximum absolute atomic E-state index is 13.0. The summed E-state index contributed by atoms with van der Waals surface area (Å²) in [5.74, 6) is 0. The summed E-state index contributed by atoms with van der Waals surface area (Å²) in [5.41, 5.74) is 0.615. The normalized spacial score (nSPS) is 11.3. The summed E-state index contributed by atoms with van der Waals surface area (Å²) >= 11 is 7.33. The molecule has 0 saturated heterocycles. The van der Waals surface area contributed by atoms with Crippen molar-refractivity contribution in [3.63, 3.8) is 0 Å². The number of benzene rings is 1. The molecule has 3 rings (SSSR count). The summed E-state index contributed by atoms with van der Waals surface area (Å²) < 4.78 is 27.2. The Bertz CT molecular complexity index is 884. The van der Waals surface area contributed by atoms with Crippen LogP contribution >= 0.6 is 22.9 Å². The van der Waals surface area contributed by atoms with Gasteiger partial charge in [-0.25, -0.2) is 22.7 Å². The second-order valence-corrected chi connectivity index (χ2v) is 7.69. The average molecular weight is 366 g/mol. The van der Waals surface area contributed by atoms with Crippen molar-refractivity contribution >= 4 is 38.1 Å². The Morgan fingerprint density at radius 2 is 1.83 bits per heavy atom. The van der Waals surface area contributed by atoms with Gasteiger partial charge in [-0.3, -0.25) is 0 Å². The van der Waals surface area contributed by atoms with E-state index in [-0.39, 0.29) is 16.6 Å². The van der Waals surface area contributed by atoms with E-state index in [2.05, 4.69) is 9.97 Å². The monoisotopic (exact) mass is 365 g/mol. The van der Waals surface area contributed by atoms with Crippen molar-refractivity contribution in [2.45, 2.75) is 11.4 Å². The van der Waals surface area contributed by atoms with Crippen molar-refractivity contribution in [1.82, 2.24) is 9.97 Å². The first-order valence-electron chi connectivity index (χ1n) is 6.66. The van der Waals surface area contributed by atoms with Gasteiger partial charge in [0, 0.05) is 23.3 Å². The van der Waals surface area contributed by atoms with Crippen LogP contribution in [0, 0.1) is 0 Å². The summed E-state index contributed by atoms with van der Waals surface area (Å²) in [4.78, 5) is 8.34. The summed E-state index contributed by atoms with van der Waals surface area (Å²) in [6, 6.07) is 11.7. The number of halogens is 1. The Hall–Kier alpha value is -1.96. The molecule has 3 aromatic rings. The Labute approximate surface area is 143 Å². The van der Waals surface area contributed by atoms with Crippen molar-refractivity contribution < 1.29 is 8.42 Å². The third-order valence-corrected chi connectivity index (χ3v) is 6.11. The molecular weight excluding hydrogens is 354 g/mol. The lowest BCUT2D eigenvalue weighted by Crippen LogP contribution is -2.30. The van der Waals surface area contributed by atoms with Crippen LogP contribution in [0.2, 0.25) is 5.15 Å². The van der Waals surface area contributed by atoms with E-state index < -0.39 is 10.0 Å². The maximum Gasteiger partial charge on any atom is 0.266 e. The number of anilines is 1. The fourth-order valence-electron chi connectivity index (χ4n) is 2.01. The SMILES string of the molecule is O=S(=O)(c1ccccc1)N(Cc1cccnc1Cl)c1nccs1. The highest BCUT2D eigenvalue weighted by atomic mass is 35.5. The van der Waals surface area contributed by atoms with E-state index in [9.17, 15) is 8.42 Å². The largest absolute Gasteiger partial charge is 0.266 e. The Morgan fingerprint density at radius 1 is 1.04 bits per heavy atom. The highest BCUT2D eigenvalue weighted by molar-refractivity contribution is 7.93. The minimum atomic E-state index is -3.74. The molecule has 0 atom stereocenters. The highest BCUT2D eigenvalue weighted by Crippen LogP contribution is 2.28. The molecular formula is C15H12ClN3O2S2. The quantitative estimate of drug-likeness (QED) is 0.648. The van der Waals surface area contributed by atoms with Crippen LogP contribution < -0.4 is 4.31 Å². The lowest BCUT2D eigenvalue weighted by molar-refractivity contribution is 0.590. The van der Waals surface area contributed by atoms with Crippen LogP contribution in [-0.4, -0.2) is 18.4 Å². The minimum absolute atomic E-state index is 0.0669. The first-order chi connectivity index (χ1) is 11.1. The zero-order valence-corrected chi connectivity index (χ0v) is 14.2. The molecule has 2 aromatic heterocycles. The van der Waals surface area contributed by atoms with Gasteiger partial charge in [0.05, 0.1) is 11.4 Å². The molecule has 0 radical (unpaired) electrons. The molecule has 0 unspecified atom stereocenters. The summed E-state index contributed by atoms with van der Waals surface area (Å²) in [6.45, 7) is 0.0669. The topological polar surface area (TPSA) is 63.2 Å². The number of sulfonamides is 1.